The van der Waals surface area contributed by atoms with Crippen LogP contribution < -0.4 is 10.6 Å². The Bertz CT molecular complexity index is 877. The Labute approximate surface area is 168 Å². The van der Waals surface area contributed by atoms with E-state index in [1.807, 2.05) is 6.20 Å². The second-order valence-electron chi connectivity index (χ2n) is 6.38. The first-order chi connectivity index (χ1) is 12.7. The Hall–Kier alpha value is -1.29. The minimum absolute atomic E-state index is 0.627. The van der Waals surface area contributed by atoms with E-state index in [1.54, 1.807) is 29.0 Å². The highest BCUT2D eigenvalue weighted by molar-refractivity contribution is 9.11. The third kappa shape index (κ3) is 4.16. The topological polar surface area (TPSA) is 77.2 Å². The Kier molecular flexibility index (Phi) is 5.68. The normalized spacial score (nSPS) is 15.6. The van der Waals surface area contributed by atoms with Gasteiger partial charge in [-0.25, -0.2) is 15.0 Å². The van der Waals surface area contributed by atoms with Crippen LogP contribution in [0.5, 0.6) is 0 Å². The molecule has 0 radical (unpaired) electrons. The molecule has 3 aromatic heterocycles. The van der Waals surface area contributed by atoms with Crippen LogP contribution in [0.3, 0.4) is 0 Å². The number of nitrogens with zero attached hydrogens (tertiary/aromatic N) is 4. The van der Waals surface area contributed by atoms with Crippen molar-refractivity contribution in [2.45, 2.75) is 19.3 Å². The zero-order valence-electron chi connectivity index (χ0n) is 14.2. The molecular formula is C17H20BrN5OS2. The van der Waals surface area contributed by atoms with Crippen molar-refractivity contribution in [2.24, 2.45) is 5.92 Å². The number of hydrogen-bond donors (Lipinski definition) is 1. The largest absolute Gasteiger partial charge is 0.381 e. The average Bonchev–Trinajstić information content (AvgIpc) is 3.23. The fourth-order valence-electron chi connectivity index (χ4n) is 3.25. The molecule has 0 saturated carbocycles. The van der Waals surface area contributed by atoms with E-state index in [1.165, 1.54) is 4.88 Å². The van der Waals surface area contributed by atoms with Crippen molar-refractivity contribution in [1.29, 1.82) is 0 Å². The molecule has 4 rings (SSSR count). The molecule has 0 spiro atoms. The molecule has 4 heterocycles. The van der Waals surface area contributed by atoms with Gasteiger partial charge in [-0.2, -0.15) is 0 Å². The van der Waals surface area contributed by atoms with Crippen molar-refractivity contribution >= 4 is 59.8 Å². The molecule has 26 heavy (non-hydrogen) atoms. The molecule has 2 N–H and O–H groups in total. The van der Waals surface area contributed by atoms with Crippen LogP contribution >= 0.6 is 38.6 Å². The lowest BCUT2D eigenvalue weighted by Crippen LogP contribution is -2.34. The molecule has 0 bridgehead atoms. The number of aromatic nitrogens is 3. The first-order valence-corrected chi connectivity index (χ1v) is 11.0. The van der Waals surface area contributed by atoms with Gasteiger partial charge < -0.3 is 15.4 Å². The van der Waals surface area contributed by atoms with Gasteiger partial charge in [0.05, 0.1) is 14.0 Å². The molecule has 0 aliphatic carbocycles. The third-order valence-corrected chi connectivity index (χ3v) is 7.09. The predicted octanol–water partition coefficient (Wildman–Crippen LogP) is 3.97. The molecular weight excluding hydrogens is 434 g/mol. The van der Waals surface area contributed by atoms with Crippen molar-refractivity contribution in [3.8, 4) is 0 Å². The molecule has 0 unspecified atom stereocenters. The summed E-state index contributed by atoms with van der Waals surface area (Å²) >= 11 is 6.83. The Morgan fingerprint density at radius 1 is 1.23 bits per heavy atom. The summed E-state index contributed by atoms with van der Waals surface area (Å²) in [5.74, 6) is 1.65. The summed E-state index contributed by atoms with van der Waals surface area (Å²) in [4.78, 5) is 16.8. The van der Waals surface area contributed by atoms with E-state index in [2.05, 4.69) is 41.8 Å². The fraction of sp³-hybridized carbons (Fsp3) is 0.471. The first-order valence-electron chi connectivity index (χ1n) is 8.62. The van der Waals surface area contributed by atoms with Crippen LogP contribution in [0, 0.1) is 5.92 Å². The minimum Gasteiger partial charge on any atom is -0.381 e. The van der Waals surface area contributed by atoms with Crippen LogP contribution in [0.1, 0.15) is 17.7 Å². The second-order valence-corrected chi connectivity index (χ2v) is 9.96. The van der Waals surface area contributed by atoms with Crippen LogP contribution in [-0.2, 0) is 11.2 Å². The number of nitrogens with two attached hydrogens (primary N) is 1. The van der Waals surface area contributed by atoms with E-state index >= 15 is 0 Å². The van der Waals surface area contributed by atoms with E-state index < -0.39 is 0 Å². The summed E-state index contributed by atoms with van der Waals surface area (Å²) in [6, 6.07) is 2.06. The number of thiophene rings is 1. The zero-order chi connectivity index (χ0) is 17.9. The van der Waals surface area contributed by atoms with Crippen molar-refractivity contribution in [2.75, 3.05) is 36.9 Å². The van der Waals surface area contributed by atoms with Gasteiger partial charge in [0.25, 0.3) is 0 Å². The highest BCUT2D eigenvalue weighted by Crippen LogP contribution is 2.35. The molecule has 1 aliphatic heterocycles. The average molecular weight is 454 g/mol. The van der Waals surface area contributed by atoms with Gasteiger partial charge in [0.1, 0.15) is 12.1 Å². The predicted molar refractivity (Wildman–Crippen MR) is 111 cm³/mol. The Morgan fingerprint density at radius 2 is 2.08 bits per heavy atom. The number of nitrogen functional groups attached to an aromatic ring is 1. The smallest absolute Gasteiger partial charge is 0.180 e. The van der Waals surface area contributed by atoms with E-state index in [9.17, 15) is 0 Å². The van der Waals surface area contributed by atoms with Crippen LogP contribution in [0.2, 0.25) is 0 Å². The lowest BCUT2D eigenvalue weighted by atomic mass is 9.99. The van der Waals surface area contributed by atoms with Gasteiger partial charge in [-0.05, 0) is 40.8 Å². The monoisotopic (exact) mass is 453 g/mol. The van der Waals surface area contributed by atoms with Crippen LogP contribution in [-0.4, -0.2) is 41.3 Å². The van der Waals surface area contributed by atoms with Crippen molar-refractivity contribution in [3.05, 3.63) is 27.3 Å². The number of ether oxygens (including phenoxy) is 1. The van der Waals surface area contributed by atoms with Crippen LogP contribution in [0.4, 0.5) is 10.9 Å². The second kappa shape index (κ2) is 8.16. The Morgan fingerprint density at radius 3 is 2.85 bits per heavy atom. The van der Waals surface area contributed by atoms with Gasteiger partial charge in [-0.15, -0.1) is 22.7 Å². The molecule has 0 atom stereocenters. The molecule has 1 fully saturated rings. The highest BCUT2D eigenvalue weighted by atomic mass is 79.9. The van der Waals surface area contributed by atoms with E-state index in [0.717, 1.165) is 65.4 Å². The summed E-state index contributed by atoms with van der Waals surface area (Å²) in [6.45, 7) is 3.58. The lowest BCUT2D eigenvalue weighted by molar-refractivity contribution is 0.0682. The summed E-state index contributed by atoms with van der Waals surface area (Å²) in [6.07, 6.45) is 6.66. The summed E-state index contributed by atoms with van der Waals surface area (Å²) in [7, 11) is 0. The number of hydrogen-bond acceptors (Lipinski definition) is 8. The summed E-state index contributed by atoms with van der Waals surface area (Å²) < 4.78 is 7.74. The van der Waals surface area contributed by atoms with Gasteiger partial charge in [0.2, 0.25) is 0 Å². The quantitative estimate of drug-likeness (QED) is 0.608. The molecule has 3 aromatic rings. The van der Waals surface area contributed by atoms with Crippen LogP contribution in [0.15, 0.2) is 22.4 Å². The number of halogens is 1. The van der Waals surface area contributed by atoms with Crippen molar-refractivity contribution < 1.29 is 4.74 Å². The maximum atomic E-state index is 5.78. The maximum Gasteiger partial charge on any atom is 0.180 e. The molecule has 9 heteroatoms. The van der Waals surface area contributed by atoms with Crippen molar-refractivity contribution in [3.63, 3.8) is 0 Å². The number of rotatable bonds is 6. The summed E-state index contributed by atoms with van der Waals surface area (Å²) in [5.41, 5.74) is 6.77. The summed E-state index contributed by atoms with van der Waals surface area (Å²) in [5, 5.41) is 0.627. The molecule has 1 saturated heterocycles. The van der Waals surface area contributed by atoms with Crippen molar-refractivity contribution in [1.82, 2.24) is 15.0 Å². The molecule has 6 nitrogen and oxygen atoms in total. The SMILES string of the molecule is Nc1ncc(CCN(CC2CCOCC2)c2ncnc3cc(Br)sc23)s1. The molecule has 1 aliphatic rings. The first kappa shape index (κ1) is 18.1. The molecule has 138 valence electrons. The highest BCUT2D eigenvalue weighted by Gasteiger charge is 2.21. The van der Waals surface area contributed by atoms with E-state index in [4.69, 9.17) is 10.5 Å². The lowest BCUT2D eigenvalue weighted by Gasteiger charge is -2.30. The maximum absolute atomic E-state index is 5.78. The van der Waals surface area contributed by atoms with Gasteiger partial charge in [-0.1, -0.05) is 0 Å². The van der Waals surface area contributed by atoms with E-state index in [0.29, 0.717) is 11.0 Å². The standard InChI is InChI=1S/C17H20BrN5OS2/c18-14-7-13-15(26-14)16(22-10-21-13)23(9-11-2-5-24-6-3-11)4-1-12-8-20-17(19)25-12/h7-8,10-11H,1-6,9H2,(H2,19,20). The van der Waals surface area contributed by atoms with Gasteiger partial charge >= 0.3 is 0 Å². The van der Waals surface area contributed by atoms with E-state index in [-0.39, 0.29) is 0 Å². The number of anilines is 2. The molecule has 0 aromatic carbocycles. The Balaban J connectivity index is 1.59. The number of thiazole rings is 1. The van der Waals surface area contributed by atoms with Crippen LogP contribution in [0.25, 0.3) is 10.2 Å². The zero-order valence-corrected chi connectivity index (χ0v) is 17.4. The number of fused-ring (bicyclic) bond motifs is 1. The van der Waals surface area contributed by atoms with Gasteiger partial charge in [-0.3, -0.25) is 0 Å². The minimum atomic E-state index is 0.627. The van der Waals surface area contributed by atoms with Gasteiger partial charge in [0, 0.05) is 43.8 Å². The third-order valence-electron chi connectivity index (χ3n) is 4.58. The molecule has 0 amide bonds. The van der Waals surface area contributed by atoms with Gasteiger partial charge in [0.15, 0.2) is 5.13 Å². The fourth-order valence-corrected chi connectivity index (χ4v) is 5.48.